The van der Waals surface area contributed by atoms with Gasteiger partial charge in [-0.25, -0.2) is 4.79 Å². The minimum absolute atomic E-state index is 0.423. The fourth-order valence-electron chi connectivity index (χ4n) is 1.78. The van der Waals surface area contributed by atoms with Crippen LogP contribution in [-0.2, 0) is 10.3 Å². The van der Waals surface area contributed by atoms with Gasteiger partial charge in [-0.3, -0.25) is 5.32 Å². The maximum atomic E-state index is 11.5. The Morgan fingerprint density at radius 1 is 1.65 bits per heavy atom. The summed E-state index contributed by atoms with van der Waals surface area (Å²) in [5.74, 6) is -0.913. The summed E-state index contributed by atoms with van der Waals surface area (Å²) in [5, 5.41) is 13.0. The van der Waals surface area contributed by atoms with Crippen molar-refractivity contribution in [2.45, 2.75) is 18.9 Å². The van der Waals surface area contributed by atoms with Crippen molar-refractivity contribution < 1.29 is 9.90 Å². The molecule has 0 saturated carbocycles. The molecule has 0 fully saturated rings. The van der Waals surface area contributed by atoms with Gasteiger partial charge in [0.1, 0.15) is 5.54 Å². The monoisotopic (exact) mass is 253 g/mol. The molecule has 0 aliphatic carbocycles. The Labute approximate surface area is 106 Å². The number of aliphatic carboxylic acids is 1. The molecule has 3 nitrogen and oxygen atoms in total. The molecule has 0 heterocycles. The maximum absolute atomic E-state index is 11.5. The number of nitrogens with one attached hydrogen (secondary N) is 1. The zero-order valence-corrected chi connectivity index (χ0v) is 10.5. The van der Waals surface area contributed by atoms with E-state index in [0.29, 0.717) is 23.6 Å². The lowest BCUT2D eigenvalue weighted by atomic mass is 9.87. The predicted molar refractivity (Wildman–Crippen MR) is 69.3 cm³/mol. The van der Waals surface area contributed by atoms with Crippen LogP contribution in [0.4, 0.5) is 0 Å². The molecular weight excluding hydrogens is 238 g/mol. The molecule has 92 valence electrons. The third-order valence-electron chi connectivity index (χ3n) is 2.76. The van der Waals surface area contributed by atoms with E-state index in [1.165, 1.54) is 0 Å². The summed E-state index contributed by atoms with van der Waals surface area (Å²) < 4.78 is 0. The van der Waals surface area contributed by atoms with E-state index in [1.54, 1.807) is 30.3 Å². The Hall–Kier alpha value is -1.32. The molecule has 0 aromatic heterocycles. The molecule has 1 atom stereocenters. The molecule has 0 aliphatic heterocycles. The molecule has 1 aromatic rings. The van der Waals surface area contributed by atoms with Gasteiger partial charge in [0.2, 0.25) is 0 Å². The van der Waals surface area contributed by atoms with Gasteiger partial charge in [-0.1, -0.05) is 36.7 Å². The summed E-state index contributed by atoms with van der Waals surface area (Å²) in [7, 11) is 0. The van der Waals surface area contributed by atoms with E-state index in [2.05, 4.69) is 11.9 Å². The highest BCUT2D eigenvalue weighted by atomic mass is 35.5. The van der Waals surface area contributed by atoms with Crippen molar-refractivity contribution in [2.24, 2.45) is 0 Å². The van der Waals surface area contributed by atoms with Crippen LogP contribution in [-0.4, -0.2) is 17.6 Å². The number of carbonyl (C=O) groups is 1. The number of hydrogen-bond donors (Lipinski definition) is 2. The topological polar surface area (TPSA) is 49.3 Å². The first-order chi connectivity index (χ1) is 8.06. The van der Waals surface area contributed by atoms with E-state index in [1.807, 2.05) is 6.92 Å². The van der Waals surface area contributed by atoms with Gasteiger partial charge in [-0.05, 0) is 24.1 Å². The zero-order valence-electron chi connectivity index (χ0n) is 9.74. The van der Waals surface area contributed by atoms with Crippen molar-refractivity contribution in [2.75, 3.05) is 6.54 Å². The first kappa shape index (κ1) is 13.7. The van der Waals surface area contributed by atoms with Gasteiger partial charge in [-0.15, -0.1) is 6.58 Å². The van der Waals surface area contributed by atoms with Gasteiger partial charge in [0, 0.05) is 11.6 Å². The maximum Gasteiger partial charge on any atom is 0.328 e. The summed E-state index contributed by atoms with van der Waals surface area (Å²) in [5.41, 5.74) is -0.458. The molecule has 1 rings (SSSR count). The number of benzene rings is 1. The van der Waals surface area contributed by atoms with E-state index in [-0.39, 0.29) is 0 Å². The van der Waals surface area contributed by atoms with E-state index >= 15 is 0 Å². The third kappa shape index (κ3) is 2.87. The molecule has 0 saturated heterocycles. The summed E-state index contributed by atoms with van der Waals surface area (Å²) in [6.45, 7) is 5.83. The van der Waals surface area contributed by atoms with Gasteiger partial charge >= 0.3 is 5.97 Å². The van der Waals surface area contributed by atoms with Crippen LogP contribution in [0.25, 0.3) is 0 Å². The van der Waals surface area contributed by atoms with Gasteiger partial charge in [0.25, 0.3) is 0 Å². The van der Waals surface area contributed by atoms with Gasteiger partial charge in [-0.2, -0.15) is 0 Å². The molecule has 0 bridgehead atoms. The van der Waals surface area contributed by atoms with Gasteiger partial charge < -0.3 is 5.11 Å². The lowest BCUT2D eigenvalue weighted by Crippen LogP contribution is -2.48. The van der Waals surface area contributed by atoms with Crippen LogP contribution in [0.3, 0.4) is 0 Å². The number of carboxylic acid groups (broad SMARTS) is 1. The normalized spacial score (nSPS) is 14.0. The van der Waals surface area contributed by atoms with Crippen LogP contribution < -0.4 is 5.32 Å². The lowest BCUT2D eigenvalue weighted by Gasteiger charge is -2.29. The molecule has 4 heteroatoms. The minimum atomic E-state index is -1.11. The quantitative estimate of drug-likeness (QED) is 0.767. The van der Waals surface area contributed by atoms with E-state index < -0.39 is 11.5 Å². The van der Waals surface area contributed by atoms with Crippen molar-refractivity contribution in [3.8, 4) is 0 Å². The molecule has 0 aliphatic rings. The van der Waals surface area contributed by atoms with Crippen molar-refractivity contribution in [1.82, 2.24) is 5.32 Å². The average molecular weight is 254 g/mol. The second-order valence-electron chi connectivity index (χ2n) is 3.74. The van der Waals surface area contributed by atoms with Crippen molar-refractivity contribution in [1.29, 1.82) is 0 Å². The molecule has 0 spiro atoms. The molecule has 0 radical (unpaired) electrons. The fraction of sp³-hybridized carbons (Fsp3) is 0.308. The first-order valence-electron chi connectivity index (χ1n) is 5.42. The fourth-order valence-corrected chi connectivity index (χ4v) is 1.97. The molecule has 0 amide bonds. The van der Waals surface area contributed by atoms with Gasteiger partial charge in [0.15, 0.2) is 0 Å². The van der Waals surface area contributed by atoms with E-state index in [4.69, 9.17) is 11.6 Å². The third-order valence-corrected chi connectivity index (χ3v) is 3.00. The Balaban J connectivity index is 3.21. The zero-order chi connectivity index (χ0) is 12.9. The Morgan fingerprint density at radius 2 is 2.35 bits per heavy atom. The lowest BCUT2D eigenvalue weighted by molar-refractivity contribution is -0.145. The summed E-state index contributed by atoms with van der Waals surface area (Å²) in [6.07, 6.45) is 2.06. The average Bonchev–Trinajstić information content (AvgIpc) is 2.30. The van der Waals surface area contributed by atoms with E-state index in [0.717, 1.165) is 0 Å². The first-order valence-corrected chi connectivity index (χ1v) is 5.80. The number of hydrogen-bond acceptors (Lipinski definition) is 2. The van der Waals surface area contributed by atoms with Crippen molar-refractivity contribution >= 4 is 17.6 Å². The van der Waals surface area contributed by atoms with Crippen LogP contribution in [0, 0.1) is 0 Å². The molecule has 1 unspecified atom stereocenters. The number of rotatable bonds is 6. The SMILES string of the molecule is C=CCNC(CC)(C(=O)O)c1cccc(Cl)c1. The molecule has 2 N–H and O–H groups in total. The number of carboxylic acids is 1. The van der Waals surface area contributed by atoms with E-state index in [9.17, 15) is 9.90 Å². The Kier molecular flexibility index (Phi) is 4.73. The van der Waals surface area contributed by atoms with Crippen LogP contribution in [0.5, 0.6) is 0 Å². The molecule has 17 heavy (non-hydrogen) atoms. The van der Waals surface area contributed by atoms with Crippen molar-refractivity contribution in [3.05, 3.63) is 47.5 Å². The minimum Gasteiger partial charge on any atom is -0.480 e. The second-order valence-corrected chi connectivity index (χ2v) is 4.18. The molecule has 1 aromatic carbocycles. The highest BCUT2D eigenvalue weighted by Crippen LogP contribution is 2.27. The van der Waals surface area contributed by atoms with Crippen LogP contribution in [0.2, 0.25) is 5.02 Å². The highest BCUT2D eigenvalue weighted by molar-refractivity contribution is 6.30. The number of halogens is 1. The summed E-state index contributed by atoms with van der Waals surface area (Å²) in [6, 6.07) is 6.91. The Morgan fingerprint density at radius 3 is 2.82 bits per heavy atom. The van der Waals surface area contributed by atoms with Crippen molar-refractivity contribution in [3.63, 3.8) is 0 Å². The van der Waals surface area contributed by atoms with Crippen LogP contribution in [0.1, 0.15) is 18.9 Å². The Bertz CT molecular complexity index is 420. The molecular formula is C13H16ClNO2. The smallest absolute Gasteiger partial charge is 0.328 e. The van der Waals surface area contributed by atoms with Crippen LogP contribution >= 0.6 is 11.6 Å². The largest absolute Gasteiger partial charge is 0.480 e. The van der Waals surface area contributed by atoms with Gasteiger partial charge in [0.05, 0.1) is 0 Å². The van der Waals surface area contributed by atoms with Crippen LogP contribution in [0.15, 0.2) is 36.9 Å². The summed E-state index contributed by atoms with van der Waals surface area (Å²) in [4.78, 5) is 11.5. The predicted octanol–water partition coefficient (Wildman–Crippen LogP) is 2.81. The second kappa shape index (κ2) is 5.84. The standard InChI is InChI=1S/C13H16ClNO2/c1-3-8-15-13(4-2,12(16)17)10-6-5-7-11(14)9-10/h3,5-7,9,15H,1,4,8H2,2H3,(H,16,17). The summed E-state index contributed by atoms with van der Waals surface area (Å²) >= 11 is 5.91. The highest BCUT2D eigenvalue weighted by Gasteiger charge is 2.37.